The Hall–Kier alpha value is -2.65. The van der Waals surface area contributed by atoms with Crippen molar-refractivity contribution in [2.45, 2.75) is 44.1 Å². The number of hydrogen-bond donors (Lipinski definition) is 3. The summed E-state index contributed by atoms with van der Waals surface area (Å²) in [7, 11) is 1.74. The van der Waals surface area contributed by atoms with Crippen molar-refractivity contribution in [3.63, 3.8) is 0 Å². The van der Waals surface area contributed by atoms with Gasteiger partial charge >= 0.3 is 0 Å². The van der Waals surface area contributed by atoms with Crippen molar-refractivity contribution < 1.29 is 14.0 Å². The minimum absolute atomic E-state index is 0.0556. The molecule has 34 heavy (non-hydrogen) atoms. The van der Waals surface area contributed by atoms with Gasteiger partial charge < -0.3 is 16.4 Å². The van der Waals surface area contributed by atoms with Gasteiger partial charge in [0, 0.05) is 50.7 Å². The number of carbonyl (C=O) groups excluding carboxylic acids is 2. The van der Waals surface area contributed by atoms with Gasteiger partial charge in [-0.05, 0) is 55.7 Å². The molecule has 2 aliphatic carbocycles. The number of rotatable bonds is 4. The average molecular weight is 489 g/mol. The molecule has 1 saturated heterocycles. The summed E-state index contributed by atoms with van der Waals surface area (Å²) in [6.07, 6.45) is 4.76. The van der Waals surface area contributed by atoms with Gasteiger partial charge in [-0.25, -0.2) is 4.39 Å². The first-order valence-electron chi connectivity index (χ1n) is 11.9. The van der Waals surface area contributed by atoms with Gasteiger partial charge in [-0.2, -0.15) is 5.10 Å². The van der Waals surface area contributed by atoms with Crippen molar-refractivity contribution >= 4 is 34.9 Å². The molecule has 1 aromatic heterocycles. The fourth-order valence-corrected chi connectivity index (χ4v) is 6.28. The first-order valence-corrected chi connectivity index (χ1v) is 12.3. The number of hydrogen-bond acceptors (Lipinski definition) is 5. The lowest BCUT2D eigenvalue weighted by molar-refractivity contribution is -0.120. The maximum absolute atomic E-state index is 13.5. The number of nitrogens with zero attached hydrogens (tertiary/aromatic N) is 3. The zero-order valence-corrected chi connectivity index (χ0v) is 19.9. The molecule has 0 bridgehead atoms. The van der Waals surface area contributed by atoms with E-state index in [1.54, 1.807) is 11.7 Å². The standard InChI is InChI=1S/C24H30ClFN6O2/c1-31-23(27)21(24(34)29-16-2-3-19(26)18(25)12-16)22(30-31)15-8-13-10-17(11-14(13)9-15)32-6-4-20(33)28-5-7-32/h2-3,12-15,17H,4-11,27H2,1H3,(H,28,33)(H,29,34). The number of nitrogens with one attached hydrogen (secondary N) is 2. The number of nitrogens with two attached hydrogens (primary N) is 1. The maximum atomic E-state index is 13.5. The summed E-state index contributed by atoms with van der Waals surface area (Å²) in [6.45, 7) is 2.46. The smallest absolute Gasteiger partial charge is 0.261 e. The Balaban J connectivity index is 1.28. The molecule has 10 heteroatoms. The van der Waals surface area contributed by atoms with Gasteiger partial charge in [0.25, 0.3) is 5.91 Å². The van der Waals surface area contributed by atoms with Crippen LogP contribution in [0.5, 0.6) is 0 Å². The number of nitrogen functional groups attached to an aromatic ring is 1. The molecular weight excluding hydrogens is 459 g/mol. The molecule has 2 heterocycles. The van der Waals surface area contributed by atoms with E-state index >= 15 is 0 Å². The van der Waals surface area contributed by atoms with Gasteiger partial charge in [-0.3, -0.25) is 19.2 Å². The Morgan fingerprint density at radius 3 is 2.68 bits per heavy atom. The third-order valence-corrected chi connectivity index (χ3v) is 8.05. The Bertz CT molecular complexity index is 1110. The zero-order chi connectivity index (χ0) is 24.0. The normalized spacial score (nSPS) is 27.3. The van der Waals surface area contributed by atoms with Crippen LogP contribution in [0.3, 0.4) is 0 Å². The van der Waals surface area contributed by atoms with Crippen LogP contribution in [-0.2, 0) is 11.8 Å². The van der Waals surface area contributed by atoms with Crippen molar-refractivity contribution in [1.29, 1.82) is 0 Å². The van der Waals surface area contributed by atoms with Gasteiger partial charge in [0.15, 0.2) is 0 Å². The largest absolute Gasteiger partial charge is 0.383 e. The van der Waals surface area contributed by atoms with E-state index < -0.39 is 5.82 Å². The highest BCUT2D eigenvalue weighted by Gasteiger charge is 2.45. The van der Waals surface area contributed by atoms with Crippen molar-refractivity contribution in [2.75, 3.05) is 30.7 Å². The van der Waals surface area contributed by atoms with E-state index in [0.29, 0.717) is 41.4 Å². The summed E-state index contributed by atoms with van der Waals surface area (Å²) < 4.78 is 15.0. The quantitative estimate of drug-likeness (QED) is 0.613. The predicted molar refractivity (Wildman–Crippen MR) is 128 cm³/mol. The van der Waals surface area contributed by atoms with Crippen LogP contribution in [0.4, 0.5) is 15.9 Å². The van der Waals surface area contributed by atoms with E-state index in [4.69, 9.17) is 17.3 Å². The molecule has 2 saturated carbocycles. The molecule has 2 unspecified atom stereocenters. The fourth-order valence-electron chi connectivity index (χ4n) is 6.10. The topological polar surface area (TPSA) is 105 Å². The van der Waals surface area contributed by atoms with E-state index in [-0.39, 0.29) is 22.8 Å². The van der Waals surface area contributed by atoms with Crippen LogP contribution in [0.2, 0.25) is 5.02 Å². The number of fused-ring (bicyclic) bond motifs is 1. The summed E-state index contributed by atoms with van der Waals surface area (Å²) in [5.41, 5.74) is 7.79. The highest BCUT2D eigenvalue weighted by atomic mass is 35.5. The highest BCUT2D eigenvalue weighted by Crippen LogP contribution is 2.52. The Morgan fingerprint density at radius 2 is 1.97 bits per heavy atom. The van der Waals surface area contributed by atoms with E-state index in [0.717, 1.165) is 51.0 Å². The van der Waals surface area contributed by atoms with Gasteiger partial charge in [0.05, 0.1) is 10.7 Å². The molecule has 0 radical (unpaired) electrons. The van der Waals surface area contributed by atoms with E-state index in [9.17, 15) is 14.0 Å². The number of carbonyl (C=O) groups is 2. The van der Waals surface area contributed by atoms with E-state index in [2.05, 4.69) is 20.6 Å². The molecular formula is C24H30ClFN6O2. The molecule has 1 aromatic carbocycles. The van der Waals surface area contributed by atoms with Gasteiger partial charge in [-0.1, -0.05) is 11.6 Å². The van der Waals surface area contributed by atoms with Crippen LogP contribution in [0, 0.1) is 17.7 Å². The first-order chi connectivity index (χ1) is 16.3. The average Bonchev–Trinajstić information content (AvgIpc) is 3.39. The molecule has 5 rings (SSSR count). The highest BCUT2D eigenvalue weighted by molar-refractivity contribution is 6.31. The number of anilines is 2. The fraction of sp³-hybridized carbons (Fsp3) is 0.542. The van der Waals surface area contributed by atoms with Gasteiger partial charge in [0.2, 0.25) is 5.91 Å². The third kappa shape index (κ3) is 4.38. The summed E-state index contributed by atoms with van der Waals surface area (Å²) >= 11 is 5.86. The molecule has 3 fully saturated rings. The first kappa shape index (κ1) is 23.1. The molecule has 8 nitrogen and oxygen atoms in total. The zero-order valence-electron chi connectivity index (χ0n) is 19.2. The van der Waals surface area contributed by atoms with E-state index in [1.807, 2.05) is 0 Å². The SMILES string of the molecule is Cn1nc(C2CC3CC(N4CCNC(=O)CC4)CC3C2)c(C(=O)Nc2ccc(F)c(Cl)c2)c1N. The van der Waals surface area contributed by atoms with Crippen LogP contribution in [0.1, 0.15) is 54.1 Å². The molecule has 2 aromatic rings. The van der Waals surface area contributed by atoms with E-state index in [1.165, 1.54) is 18.2 Å². The van der Waals surface area contributed by atoms with Gasteiger partial charge in [0.1, 0.15) is 17.2 Å². The number of benzene rings is 1. The second-order valence-electron chi connectivity index (χ2n) is 9.80. The van der Waals surface area contributed by atoms with Crippen LogP contribution >= 0.6 is 11.6 Å². The monoisotopic (exact) mass is 488 g/mol. The van der Waals surface area contributed by atoms with Crippen LogP contribution < -0.4 is 16.4 Å². The van der Waals surface area contributed by atoms with Crippen LogP contribution in [0.25, 0.3) is 0 Å². The molecule has 1 aliphatic heterocycles. The third-order valence-electron chi connectivity index (χ3n) is 7.76. The Kier molecular flexibility index (Phi) is 6.24. The van der Waals surface area contributed by atoms with Crippen LogP contribution in [-0.4, -0.2) is 52.2 Å². The molecule has 2 atom stereocenters. The summed E-state index contributed by atoms with van der Waals surface area (Å²) in [5.74, 6) is 0.887. The molecule has 2 amide bonds. The predicted octanol–water partition coefficient (Wildman–Crippen LogP) is 3.14. The number of amides is 2. The summed E-state index contributed by atoms with van der Waals surface area (Å²) in [5, 5.41) is 10.3. The summed E-state index contributed by atoms with van der Waals surface area (Å²) in [4.78, 5) is 27.3. The van der Waals surface area contributed by atoms with Crippen LogP contribution in [0.15, 0.2) is 18.2 Å². The molecule has 3 aliphatic rings. The number of aromatic nitrogens is 2. The second-order valence-corrected chi connectivity index (χ2v) is 10.2. The van der Waals surface area contributed by atoms with Crippen molar-refractivity contribution in [2.24, 2.45) is 18.9 Å². The van der Waals surface area contributed by atoms with Crippen molar-refractivity contribution in [3.05, 3.63) is 40.3 Å². The maximum Gasteiger partial charge on any atom is 0.261 e. The molecule has 182 valence electrons. The lowest BCUT2D eigenvalue weighted by Crippen LogP contribution is -2.36. The Labute approximate surface area is 203 Å². The lowest BCUT2D eigenvalue weighted by atomic mass is 9.95. The Morgan fingerprint density at radius 1 is 1.24 bits per heavy atom. The molecule has 4 N–H and O–H groups in total. The second kappa shape index (κ2) is 9.19. The molecule has 0 spiro atoms. The number of halogens is 2. The van der Waals surface area contributed by atoms with Crippen molar-refractivity contribution in [3.8, 4) is 0 Å². The lowest BCUT2D eigenvalue weighted by Gasteiger charge is -2.27. The minimum atomic E-state index is -0.542. The summed E-state index contributed by atoms with van der Waals surface area (Å²) in [6, 6.07) is 4.59. The van der Waals surface area contributed by atoms with Crippen molar-refractivity contribution in [1.82, 2.24) is 20.0 Å². The van der Waals surface area contributed by atoms with Gasteiger partial charge in [-0.15, -0.1) is 0 Å². The minimum Gasteiger partial charge on any atom is -0.383 e. The number of aryl methyl sites for hydroxylation is 1.